The fourth-order valence-electron chi connectivity index (χ4n) is 1.23. The van der Waals surface area contributed by atoms with Crippen molar-refractivity contribution >= 4 is 25.7 Å². The van der Waals surface area contributed by atoms with Gasteiger partial charge in [0.15, 0.2) is 0 Å². The van der Waals surface area contributed by atoms with Crippen LogP contribution in [-0.2, 0) is 18.6 Å². The molecule has 0 spiro atoms. The Morgan fingerprint density at radius 2 is 2.23 bits per heavy atom. The molecule has 0 aromatic rings. The summed E-state index contributed by atoms with van der Waals surface area (Å²) in [6.45, 7) is 2.04. The number of ether oxygens (including phenoxy) is 1. The van der Waals surface area contributed by atoms with Crippen LogP contribution in [0.4, 0.5) is 0 Å². The predicted octanol–water partition coefficient (Wildman–Crippen LogP) is 0.754. The molecule has 13 heavy (non-hydrogen) atoms. The molecule has 0 aromatic carbocycles. The fourth-order valence-corrected chi connectivity index (χ4v) is 2.59. The minimum atomic E-state index is -3.48. The van der Waals surface area contributed by atoms with Crippen LogP contribution < -0.4 is 0 Å². The van der Waals surface area contributed by atoms with Gasteiger partial charge in [-0.1, -0.05) is 0 Å². The van der Waals surface area contributed by atoms with Gasteiger partial charge in [0.1, 0.15) is 0 Å². The summed E-state index contributed by atoms with van der Waals surface area (Å²) in [5, 5.41) is 0. The highest BCUT2D eigenvalue weighted by Crippen LogP contribution is 2.40. The van der Waals surface area contributed by atoms with Gasteiger partial charge in [-0.05, 0) is 19.3 Å². The van der Waals surface area contributed by atoms with E-state index in [9.17, 15) is 13.2 Å². The van der Waals surface area contributed by atoms with Crippen molar-refractivity contribution in [2.75, 3.05) is 12.4 Å². The predicted molar refractivity (Wildman–Crippen MR) is 47.9 cm³/mol. The van der Waals surface area contributed by atoms with Gasteiger partial charge in [-0.2, -0.15) is 0 Å². The number of hydrogen-bond acceptors (Lipinski definition) is 4. The number of halogens is 1. The number of hydrogen-bond donors (Lipinski definition) is 0. The third kappa shape index (κ3) is 3.52. The van der Waals surface area contributed by atoms with Gasteiger partial charge >= 0.3 is 5.97 Å². The van der Waals surface area contributed by atoms with Gasteiger partial charge in [0.2, 0.25) is 9.05 Å². The lowest BCUT2D eigenvalue weighted by atomic mass is 10.3. The summed E-state index contributed by atoms with van der Waals surface area (Å²) in [5.74, 6) is -0.833. The zero-order valence-corrected chi connectivity index (χ0v) is 8.77. The molecule has 6 heteroatoms. The van der Waals surface area contributed by atoms with Crippen LogP contribution in [-0.4, -0.2) is 26.7 Å². The van der Waals surface area contributed by atoms with Crippen LogP contribution in [0.3, 0.4) is 0 Å². The van der Waals surface area contributed by atoms with E-state index in [0.29, 0.717) is 13.0 Å². The first-order chi connectivity index (χ1) is 5.94. The van der Waals surface area contributed by atoms with Crippen LogP contribution >= 0.6 is 10.7 Å². The standard InChI is InChI=1S/C7H11ClO4S/c1-2-12-7(9)6-3-5(6)4-13(8,10)11/h5-6H,2-4H2,1H3/t5-,6+/m0/s1. The van der Waals surface area contributed by atoms with Gasteiger partial charge in [-0.3, -0.25) is 4.79 Å². The molecule has 76 valence electrons. The molecule has 0 aliphatic heterocycles. The molecule has 0 aromatic heterocycles. The second kappa shape index (κ2) is 3.84. The molecule has 0 heterocycles. The molecule has 0 radical (unpaired) electrons. The summed E-state index contributed by atoms with van der Waals surface area (Å²) >= 11 is 0. The van der Waals surface area contributed by atoms with Crippen LogP contribution in [0.2, 0.25) is 0 Å². The smallest absolute Gasteiger partial charge is 0.309 e. The first-order valence-electron chi connectivity index (χ1n) is 4.03. The highest BCUT2D eigenvalue weighted by atomic mass is 35.7. The maximum atomic E-state index is 11.0. The van der Waals surface area contributed by atoms with Crippen LogP contribution in [0.5, 0.6) is 0 Å². The lowest BCUT2D eigenvalue weighted by Gasteiger charge is -1.98. The first kappa shape index (κ1) is 10.8. The summed E-state index contributed by atoms with van der Waals surface area (Å²) in [7, 11) is 1.56. The largest absolute Gasteiger partial charge is 0.466 e. The van der Waals surface area contributed by atoms with Crippen molar-refractivity contribution in [2.45, 2.75) is 13.3 Å². The van der Waals surface area contributed by atoms with E-state index < -0.39 is 9.05 Å². The Morgan fingerprint density at radius 1 is 1.62 bits per heavy atom. The van der Waals surface area contributed by atoms with Crippen molar-refractivity contribution in [1.29, 1.82) is 0 Å². The molecule has 1 saturated carbocycles. The number of carbonyl (C=O) groups excluding carboxylic acids is 1. The maximum Gasteiger partial charge on any atom is 0.309 e. The molecule has 4 nitrogen and oxygen atoms in total. The van der Waals surface area contributed by atoms with E-state index in [-0.39, 0.29) is 23.6 Å². The number of carbonyl (C=O) groups is 1. The number of rotatable bonds is 4. The molecule has 2 atom stereocenters. The Morgan fingerprint density at radius 3 is 2.69 bits per heavy atom. The quantitative estimate of drug-likeness (QED) is 0.525. The van der Waals surface area contributed by atoms with E-state index >= 15 is 0 Å². The monoisotopic (exact) mass is 226 g/mol. The molecular formula is C7H11ClO4S. The lowest BCUT2D eigenvalue weighted by molar-refractivity contribution is -0.144. The fraction of sp³-hybridized carbons (Fsp3) is 0.857. The Hall–Kier alpha value is -0.290. The van der Waals surface area contributed by atoms with Crippen LogP contribution in [0.15, 0.2) is 0 Å². The van der Waals surface area contributed by atoms with Crippen molar-refractivity contribution in [2.24, 2.45) is 11.8 Å². The summed E-state index contributed by atoms with van der Waals surface area (Å²) in [6, 6.07) is 0. The van der Waals surface area contributed by atoms with Crippen LogP contribution in [0.25, 0.3) is 0 Å². The SMILES string of the molecule is CCOC(=O)[C@@H]1C[C@H]1CS(=O)(=O)Cl. The normalized spacial score (nSPS) is 26.9. The third-order valence-electron chi connectivity index (χ3n) is 1.93. The van der Waals surface area contributed by atoms with Gasteiger partial charge < -0.3 is 4.74 Å². The molecule has 0 N–H and O–H groups in total. The molecular weight excluding hydrogens is 216 g/mol. The molecule has 1 aliphatic carbocycles. The van der Waals surface area contributed by atoms with Crippen molar-refractivity contribution < 1.29 is 17.9 Å². The van der Waals surface area contributed by atoms with Gasteiger partial charge in [0.25, 0.3) is 0 Å². The molecule has 1 aliphatic rings. The van der Waals surface area contributed by atoms with E-state index in [1.54, 1.807) is 6.92 Å². The summed E-state index contributed by atoms with van der Waals surface area (Å²) in [5.41, 5.74) is 0. The summed E-state index contributed by atoms with van der Waals surface area (Å²) < 4.78 is 26.0. The molecule has 0 saturated heterocycles. The minimum Gasteiger partial charge on any atom is -0.466 e. The minimum absolute atomic E-state index is 0.127. The van der Waals surface area contributed by atoms with E-state index in [1.807, 2.05) is 0 Å². The van der Waals surface area contributed by atoms with Gasteiger partial charge in [0, 0.05) is 10.7 Å². The van der Waals surface area contributed by atoms with Gasteiger partial charge in [-0.25, -0.2) is 8.42 Å². The summed E-state index contributed by atoms with van der Waals surface area (Å²) in [6.07, 6.45) is 0.574. The highest BCUT2D eigenvalue weighted by Gasteiger charge is 2.46. The molecule has 0 bridgehead atoms. The van der Waals surface area contributed by atoms with Crippen LogP contribution in [0, 0.1) is 11.8 Å². The molecule has 0 unspecified atom stereocenters. The van der Waals surface area contributed by atoms with E-state index in [2.05, 4.69) is 0 Å². The average Bonchev–Trinajstić information content (AvgIpc) is 2.64. The van der Waals surface area contributed by atoms with Crippen molar-refractivity contribution in [1.82, 2.24) is 0 Å². The van der Waals surface area contributed by atoms with Gasteiger partial charge in [-0.15, -0.1) is 0 Å². The second-order valence-electron chi connectivity index (χ2n) is 3.06. The molecule has 1 rings (SSSR count). The third-order valence-corrected chi connectivity index (χ3v) is 3.13. The van der Waals surface area contributed by atoms with E-state index in [4.69, 9.17) is 15.4 Å². The van der Waals surface area contributed by atoms with Crippen LogP contribution in [0.1, 0.15) is 13.3 Å². The van der Waals surface area contributed by atoms with Crippen molar-refractivity contribution in [3.05, 3.63) is 0 Å². The van der Waals surface area contributed by atoms with E-state index in [0.717, 1.165) is 0 Å². The Kier molecular flexibility index (Phi) is 3.18. The first-order valence-corrected chi connectivity index (χ1v) is 6.51. The zero-order valence-electron chi connectivity index (χ0n) is 7.20. The Labute approximate surface area is 81.6 Å². The second-order valence-corrected chi connectivity index (χ2v) is 5.88. The van der Waals surface area contributed by atoms with Crippen molar-refractivity contribution in [3.8, 4) is 0 Å². The summed E-state index contributed by atoms with van der Waals surface area (Å²) in [4.78, 5) is 11.0. The molecule has 0 amide bonds. The Balaban J connectivity index is 2.35. The highest BCUT2D eigenvalue weighted by molar-refractivity contribution is 8.13. The van der Waals surface area contributed by atoms with Crippen molar-refractivity contribution in [3.63, 3.8) is 0 Å². The lowest BCUT2D eigenvalue weighted by Crippen LogP contribution is -2.10. The number of esters is 1. The Bertz CT molecular complexity index is 298. The average molecular weight is 227 g/mol. The molecule has 1 fully saturated rings. The van der Waals surface area contributed by atoms with E-state index in [1.165, 1.54) is 0 Å². The zero-order chi connectivity index (χ0) is 10.1. The van der Waals surface area contributed by atoms with Gasteiger partial charge in [0.05, 0.1) is 18.3 Å². The maximum absolute atomic E-state index is 11.0. The topological polar surface area (TPSA) is 60.4 Å².